The van der Waals surface area contributed by atoms with Gasteiger partial charge in [-0.1, -0.05) is 80.6 Å². The van der Waals surface area contributed by atoms with E-state index in [1.165, 1.54) is 7.11 Å². The predicted octanol–water partition coefficient (Wildman–Crippen LogP) is 8.00. The molecule has 15 nitrogen and oxygen atoms in total. The largest absolute Gasteiger partial charge is 0.465 e. The van der Waals surface area contributed by atoms with Crippen molar-refractivity contribution < 1.29 is 33.8 Å². The molecule has 5 aromatic carbocycles. The lowest BCUT2D eigenvalue weighted by Crippen LogP contribution is -2.52. The Morgan fingerprint density at radius 1 is 0.766 bits per heavy atom. The average molecular weight is 863 g/mol. The van der Waals surface area contributed by atoms with Crippen molar-refractivity contribution in [2.45, 2.75) is 63.3 Å². The van der Waals surface area contributed by atoms with Crippen LogP contribution in [0, 0.1) is 17.8 Å². The van der Waals surface area contributed by atoms with E-state index in [0.29, 0.717) is 36.9 Å². The van der Waals surface area contributed by atoms with Gasteiger partial charge in [0.15, 0.2) is 0 Å². The molecule has 4 heterocycles. The van der Waals surface area contributed by atoms with Crippen LogP contribution in [0.5, 0.6) is 0 Å². The number of hydrogen-bond acceptors (Lipinski definition) is 8. The second-order valence-electron chi connectivity index (χ2n) is 17.8. The van der Waals surface area contributed by atoms with Gasteiger partial charge in [-0.05, 0) is 82.8 Å². The Balaban J connectivity index is 0.927. The Hall–Kier alpha value is -7.00. The van der Waals surface area contributed by atoms with Gasteiger partial charge < -0.3 is 45.0 Å². The Labute approximate surface area is 368 Å². The third kappa shape index (κ3) is 7.32. The molecule has 2 saturated heterocycles. The van der Waals surface area contributed by atoms with E-state index in [0.717, 1.165) is 73.4 Å². The van der Waals surface area contributed by atoms with Crippen LogP contribution >= 0.6 is 0 Å². The normalized spacial score (nSPS) is 21.4. The summed E-state index contributed by atoms with van der Waals surface area (Å²) in [4.78, 5) is 73.1. The van der Waals surface area contributed by atoms with E-state index in [-0.39, 0.29) is 35.7 Å². The minimum atomic E-state index is -1.28. The zero-order valence-electron chi connectivity index (χ0n) is 36.0. The van der Waals surface area contributed by atoms with Gasteiger partial charge in [0.05, 0.1) is 47.9 Å². The van der Waals surface area contributed by atoms with Gasteiger partial charge in [-0.25, -0.2) is 19.6 Å². The summed E-state index contributed by atoms with van der Waals surface area (Å²) in [6.45, 7) is 4.70. The van der Waals surface area contributed by atoms with E-state index in [2.05, 4.69) is 69.1 Å². The molecule has 3 unspecified atom stereocenters. The van der Waals surface area contributed by atoms with E-state index in [4.69, 9.17) is 19.4 Å². The van der Waals surface area contributed by atoms with Crippen LogP contribution in [-0.2, 0) is 19.1 Å². The molecule has 1 aliphatic carbocycles. The number of piperidine rings is 1. The number of alkyl carbamates (subject to hydrolysis) is 1. The number of H-pyrrole nitrogens is 2. The first-order valence-corrected chi connectivity index (χ1v) is 21.8. The molecule has 15 heteroatoms. The molecule has 2 aromatic heterocycles. The van der Waals surface area contributed by atoms with Gasteiger partial charge in [0.1, 0.15) is 23.7 Å². The molecule has 7 atom stereocenters. The van der Waals surface area contributed by atoms with Gasteiger partial charge in [0.2, 0.25) is 5.91 Å². The summed E-state index contributed by atoms with van der Waals surface area (Å²) in [5.41, 5.74) is 6.05. The smallest absolute Gasteiger partial charge is 0.407 e. The number of ether oxygens (including phenoxy) is 2. The molecular weight excluding hydrogens is 813 g/mol. The number of likely N-dealkylation sites (tertiary alicyclic amines) is 2. The Kier molecular flexibility index (Phi) is 10.4. The number of benzene rings is 5. The third-order valence-electron chi connectivity index (χ3n) is 13.4. The Bertz CT molecular complexity index is 2970. The molecule has 3 aliphatic rings. The van der Waals surface area contributed by atoms with Crippen LogP contribution in [0.4, 0.5) is 9.59 Å². The van der Waals surface area contributed by atoms with Crippen molar-refractivity contribution >= 4 is 67.6 Å². The second kappa shape index (κ2) is 16.3. The molecule has 10 rings (SSSR count). The summed E-state index contributed by atoms with van der Waals surface area (Å²) in [6.07, 6.45) is 0.497. The third-order valence-corrected chi connectivity index (χ3v) is 13.4. The first-order chi connectivity index (χ1) is 31.0. The highest BCUT2D eigenvalue weighted by atomic mass is 16.5. The van der Waals surface area contributed by atoms with E-state index in [1.807, 2.05) is 36.9 Å². The average Bonchev–Trinajstić information content (AvgIpc) is 3.72. The Morgan fingerprint density at radius 2 is 1.39 bits per heavy atom. The van der Waals surface area contributed by atoms with Crippen molar-refractivity contribution in [2.24, 2.45) is 17.8 Å². The molecule has 1 saturated carbocycles. The number of carbonyl (C=O) groups is 4. The summed E-state index contributed by atoms with van der Waals surface area (Å²) in [5, 5.41) is 19.0. The van der Waals surface area contributed by atoms with Crippen LogP contribution in [0.25, 0.3) is 54.7 Å². The number of hydrogen-bond donors (Lipinski definition) is 5. The number of carbonyl (C=O) groups excluding carboxylic acids is 3. The summed E-state index contributed by atoms with van der Waals surface area (Å²) in [5.74, 6) is 1.29. The number of nitrogens with one attached hydrogen (secondary N) is 4. The summed E-state index contributed by atoms with van der Waals surface area (Å²) in [7, 11) is 2.94. The molecule has 0 bridgehead atoms. The van der Waals surface area contributed by atoms with Crippen molar-refractivity contribution in [1.82, 2.24) is 40.4 Å². The number of imidazole rings is 2. The fraction of sp³-hybridized carbons (Fsp3) is 0.347. The van der Waals surface area contributed by atoms with Crippen molar-refractivity contribution in [3.05, 3.63) is 108 Å². The number of fused-ring (bicyclic) bond motifs is 7. The topological polar surface area (TPSA) is 195 Å². The van der Waals surface area contributed by atoms with Crippen LogP contribution in [0.1, 0.15) is 68.4 Å². The molecule has 0 spiro atoms. The van der Waals surface area contributed by atoms with Crippen molar-refractivity contribution in [3.8, 4) is 11.1 Å². The highest BCUT2D eigenvalue weighted by molar-refractivity contribution is 6.07. The number of aromatic amines is 2. The molecule has 328 valence electrons. The van der Waals surface area contributed by atoms with Crippen LogP contribution in [-0.4, -0.2) is 98.3 Å². The minimum Gasteiger partial charge on any atom is -0.465 e. The SMILES string of the molecule is COC[C@H]1C[C@@H](c2nc3ccc4cc(-c5ccc6c(ccc7nc([C@@H]8CC9C[C@H]9N8C(=O)C(NC(=O)OC)C(C)C)[nH]c76)c5)ccc4c3[nH]2)N(C(=O)C(NC(=O)O)c2ccccc2)C1. The lowest BCUT2D eigenvalue weighted by Gasteiger charge is -2.31. The van der Waals surface area contributed by atoms with E-state index in [1.54, 1.807) is 36.3 Å². The number of nitrogens with zero attached hydrogens (tertiary/aromatic N) is 4. The molecule has 64 heavy (non-hydrogen) atoms. The first-order valence-electron chi connectivity index (χ1n) is 21.8. The molecule has 0 radical (unpaired) electrons. The van der Waals surface area contributed by atoms with Crippen LogP contribution in [0.2, 0.25) is 0 Å². The fourth-order valence-corrected chi connectivity index (χ4v) is 10.2. The summed E-state index contributed by atoms with van der Waals surface area (Å²) < 4.78 is 10.3. The molecule has 3 fully saturated rings. The summed E-state index contributed by atoms with van der Waals surface area (Å²) in [6, 6.07) is 27.6. The number of amides is 4. The molecular formula is C49H50N8O7. The fourth-order valence-electron chi connectivity index (χ4n) is 10.2. The van der Waals surface area contributed by atoms with Crippen molar-refractivity contribution in [1.29, 1.82) is 0 Å². The highest BCUT2D eigenvalue weighted by Crippen LogP contribution is 2.53. The lowest BCUT2D eigenvalue weighted by atomic mass is 9.98. The summed E-state index contributed by atoms with van der Waals surface area (Å²) >= 11 is 0. The number of methoxy groups -OCH3 is 2. The maximum absolute atomic E-state index is 14.2. The maximum Gasteiger partial charge on any atom is 0.407 e. The molecule has 7 aromatic rings. The van der Waals surface area contributed by atoms with Crippen molar-refractivity contribution in [3.63, 3.8) is 0 Å². The number of carboxylic acid groups (broad SMARTS) is 1. The standard InChI is InChI=1S/C49H50N8O7/c1-25(2)40(55-49(62)64-4)47(59)57-37-21-32(37)22-39(57)45-51-36-17-13-31-20-29(11-15-34(31)43(36)53-45)28-10-14-33-30(19-28)12-16-35-42(33)52-44(50-35)38-18-26(24-63-3)23-56(38)46(58)41(54-48(60)61)27-8-6-5-7-9-27/h5-17,19-20,25-26,32,37-41,54H,18,21-24H2,1-4H3,(H,50,52)(H,51,53)(H,55,62)(H,60,61)/t26-,32?,37+,38-,39-,40?,41?/m0/s1. The monoisotopic (exact) mass is 862 g/mol. The number of rotatable bonds is 11. The molecule has 4 amide bonds. The maximum atomic E-state index is 14.2. The van der Waals surface area contributed by atoms with Crippen LogP contribution in [0.3, 0.4) is 0 Å². The predicted molar refractivity (Wildman–Crippen MR) is 241 cm³/mol. The zero-order valence-corrected chi connectivity index (χ0v) is 36.0. The second-order valence-corrected chi connectivity index (χ2v) is 17.8. The molecule has 5 N–H and O–H groups in total. The minimum absolute atomic E-state index is 0.0424. The van der Waals surface area contributed by atoms with Gasteiger partial charge >= 0.3 is 12.2 Å². The highest BCUT2D eigenvalue weighted by Gasteiger charge is 2.56. The number of aromatic nitrogens is 4. The van der Waals surface area contributed by atoms with E-state index >= 15 is 0 Å². The zero-order chi connectivity index (χ0) is 44.4. The van der Waals surface area contributed by atoms with Gasteiger partial charge in [0, 0.05) is 36.4 Å². The quantitative estimate of drug-likeness (QED) is 0.0857. The van der Waals surface area contributed by atoms with Gasteiger partial charge in [-0.2, -0.15) is 0 Å². The van der Waals surface area contributed by atoms with Crippen LogP contribution in [0.15, 0.2) is 91.0 Å². The molecule has 2 aliphatic heterocycles. The van der Waals surface area contributed by atoms with Gasteiger partial charge in [0.25, 0.3) is 5.91 Å². The first kappa shape index (κ1) is 41.0. The Morgan fingerprint density at radius 3 is 1.97 bits per heavy atom. The van der Waals surface area contributed by atoms with E-state index in [9.17, 15) is 24.3 Å². The lowest BCUT2D eigenvalue weighted by molar-refractivity contribution is -0.137. The van der Waals surface area contributed by atoms with Crippen molar-refractivity contribution in [2.75, 3.05) is 27.4 Å². The van der Waals surface area contributed by atoms with Gasteiger partial charge in [-0.15, -0.1) is 0 Å². The van der Waals surface area contributed by atoms with Crippen LogP contribution < -0.4 is 10.6 Å². The van der Waals surface area contributed by atoms with Gasteiger partial charge in [-0.3, -0.25) is 9.59 Å². The van der Waals surface area contributed by atoms with E-state index < -0.39 is 30.3 Å².